The van der Waals surface area contributed by atoms with E-state index >= 15 is 0 Å². The molecule has 3 aromatic carbocycles. The monoisotopic (exact) mass is 713 g/mol. The van der Waals surface area contributed by atoms with Crippen molar-refractivity contribution in [3.8, 4) is 28.3 Å². The first kappa shape index (κ1) is 36.4. The predicted molar refractivity (Wildman–Crippen MR) is 183 cm³/mol. The maximum atomic E-state index is 12.3. The molecule has 240 valence electrons. The van der Waals surface area contributed by atoms with Gasteiger partial charge in [-0.15, -0.1) is 13.2 Å². The van der Waals surface area contributed by atoms with E-state index in [1.54, 1.807) is 18.2 Å². The summed E-state index contributed by atoms with van der Waals surface area (Å²) in [6.07, 6.45) is 8.00. The lowest BCUT2D eigenvalue weighted by atomic mass is 9.97. The molecule has 1 heterocycles. The Hall–Kier alpha value is -3.10. The van der Waals surface area contributed by atoms with Gasteiger partial charge in [-0.2, -0.15) is 0 Å². The van der Waals surface area contributed by atoms with Crippen LogP contribution in [0.1, 0.15) is 37.3 Å². The molecule has 0 saturated heterocycles. The molecular formula is C36H42BrCl2N3O3. The van der Waals surface area contributed by atoms with Gasteiger partial charge < -0.3 is 35.9 Å². The van der Waals surface area contributed by atoms with E-state index in [0.29, 0.717) is 57.6 Å². The molecule has 45 heavy (non-hydrogen) atoms. The molecular weight excluding hydrogens is 673 g/mol. The van der Waals surface area contributed by atoms with Crippen LogP contribution in [0.15, 0.2) is 78.3 Å². The third-order valence-corrected chi connectivity index (χ3v) is 7.80. The molecule has 9 heteroatoms. The molecule has 0 saturated carbocycles. The maximum Gasteiger partial charge on any atom is 0.275 e. The molecule has 6 nitrogen and oxygen atoms in total. The van der Waals surface area contributed by atoms with Gasteiger partial charge in [0.1, 0.15) is 11.3 Å². The number of halogens is 3. The van der Waals surface area contributed by atoms with Gasteiger partial charge in [0, 0.05) is 34.1 Å². The second-order valence-corrected chi connectivity index (χ2v) is 12.6. The van der Waals surface area contributed by atoms with Crippen molar-refractivity contribution in [1.29, 1.82) is 0 Å². The summed E-state index contributed by atoms with van der Waals surface area (Å²) in [5, 5.41) is 4.04. The smallest absolute Gasteiger partial charge is 0.275 e. The van der Waals surface area contributed by atoms with Gasteiger partial charge >= 0.3 is 0 Å². The average Bonchev–Trinajstić information content (AvgIpc) is 3.40. The molecule has 0 aliphatic rings. The van der Waals surface area contributed by atoms with Crippen LogP contribution in [0.5, 0.6) is 5.75 Å². The van der Waals surface area contributed by atoms with Crippen LogP contribution in [0.3, 0.4) is 0 Å². The summed E-state index contributed by atoms with van der Waals surface area (Å²) in [7, 11) is 4.16. The van der Waals surface area contributed by atoms with Crippen LogP contribution in [0.4, 0.5) is 0 Å². The SMILES string of the molecule is C=CCc1cc(-c2ccc(OCCC[N+](C)(C)CC(=O)NCCCC)c(CC=C)c2)c2oc(-c3cc(Cl)cc(Cl)c3)nc2c1.[Br-]. The number of unbranched alkanes of at least 4 members (excludes halogenated alkanes) is 1. The van der Waals surface area contributed by atoms with Crippen LogP contribution in [0.2, 0.25) is 10.0 Å². The second-order valence-electron chi connectivity index (χ2n) is 11.7. The fraction of sp³-hybridized carbons (Fsp3) is 0.333. The standard InChI is InChI=1S/C36H41Cl2N3O3.BrH/c1-6-9-15-39-34(42)24-41(4,5)16-10-17-43-33-14-13-26(20-27(33)12-8-3)31-18-25(11-7-2)19-32-35(31)44-36(40-32)28-21-29(37)23-30(38)22-28;/h7-8,13-14,18-23H,2-3,6,9-12,15-17,24H2,1,4-5H3;1H. The summed E-state index contributed by atoms with van der Waals surface area (Å²) >= 11 is 12.5. The van der Waals surface area contributed by atoms with Crippen molar-refractivity contribution in [2.24, 2.45) is 0 Å². The normalized spacial score (nSPS) is 11.2. The number of benzene rings is 3. The number of aromatic nitrogens is 1. The molecule has 0 aliphatic carbocycles. The third kappa shape index (κ3) is 10.2. The van der Waals surface area contributed by atoms with E-state index in [4.69, 9.17) is 37.3 Å². The Balaban J connectivity index is 0.00000552. The number of quaternary nitrogens is 1. The van der Waals surface area contributed by atoms with Gasteiger partial charge in [-0.05, 0) is 78.4 Å². The Morgan fingerprint density at radius 1 is 1.00 bits per heavy atom. The van der Waals surface area contributed by atoms with Crippen molar-refractivity contribution in [2.75, 3.05) is 40.3 Å². The molecule has 0 radical (unpaired) electrons. The molecule has 0 aliphatic heterocycles. The van der Waals surface area contributed by atoms with E-state index in [1.165, 1.54) is 0 Å². The molecule has 1 aromatic heterocycles. The van der Waals surface area contributed by atoms with Crippen LogP contribution in [0.25, 0.3) is 33.7 Å². The highest BCUT2D eigenvalue weighted by Gasteiger charge is 2.20. The Morgan fingerprint density at radius 3 is 2.42 bits per heavy atom. The van der Waals surface area contributed by atoms with Crippen LogP contribution >= 0.6 is 23.2 Å². The van der Waals surface area contributed by atoms with Crippen molar-refractivity contribution >= 4 is 40.2 Å². The molecule has 0 atom stereocenters. The first-order valence-corrected chi connectivity index (χ1v) is 15.8. The van der Waals surface area contributed by atoms with Gasteiger partial charge in [-0.1, -0.05) is 54.8 Å². The highest BCUT2D eigenvalue weighted by Crippen LogP contribution is 2.37. The van der Waals surface area contributed by atoms with Gasteiger partial charge in [0.05, 0.1) is 27.2 Å². The summed E-state index contributed by atoms with van der Waals surface area (Å²) < 4.78 is 13.2. The van der Waals surface area contributed by atoms with Crippen molar-refractivity contribution in [2.45, 2.75) is 39.0 Å². The number of rotatable bonds is 16. The zero-order valence-corrected chi connectivity index (χ0v) is 29.4. The first-order chi connectivity index (χ1) is 21.1. The fourth-order valence-electron chi connectivity index (χ4n) is 5.20. The Morgan fingerprint density at radius 2 is 1.73 bits per heavy atom. The fourth-order valence-corrected chi connectivity index (χ4v) is 5.72. The van der Waals surface area contributed by atoms with Crippen molar-refractivity contribution in [3.05, 3.63) is 95.0 Å². The zero-order chi connectivity index (χ0) is 31.7. The van der Waals surface area contributed by atoms with Crippen molar-refractivity contribution < 1.29 is 35.4 Å². The largest absolute Gasteiger partial charge is 1.00 e. The molecule has 0 bridgehead atoms. The minimum absolute atomic E-state index is 0. The van der Waals surface area contributed by atoms with E-state index < -0.39 is 0 Å². The van der Waals surface area contributed by atoms with Gasteiger partial charge in [0.2, 0.25) is 5.89 Å². The van der Waals surface area contributed by atoms with E-state index in [2.05, 4.69) is 51.6 Å². The van der Waals surface area contributed by atoms with Gasteiger partial charge in [-0.25, -0.2) is 4.98 Å². The number of likely N-dealkylation sites (N-methyl/N-ethyl adjacent to an activating group) is 1. The summed E-state index contributed by atoms with van der Waals surface area (Å²) in [5.41, 5.74) is 6.17. The molecule has 4 rings (SSSR count). The number of carbonyl (C=O) groups is 1. The molecule has 1 amide bonds. The number of carbonyl (C=O) groups excluding carboxylic acids is 1. The summed E-state index contributed by atoms with van der Waals surface area (Å²) in [4.78, 5) is 17.1. The lowest BCUT2D eigenvalue weighted by molar-refractivity contribution is -0.882. The Kier molecular flexibility index (Phi) is 13.7. The topological polar surface area (TPSA) is 64.4 Å². The number of allylic oxidation sites excluding steroid dienone is 2. The van der Waals surface area contributed by atoms with E-state index in [0.717, 1.165) is 65.9 Å². The number of hydrogen-bond donors (Lipinski definition) is 1. The lowest BCUT2D eigenvalue weighted by Crippen LogP contribution is -3.00. The Labute approximate surface area is 287 Å². The molecule has 1 N–H and O–H groups in total. The van der Waals surface area contributed by atoms with Crippen LogP contribution in [-0.2, 0) is 17.6 Å². The molecule has 0 spiro atoms. The lowest BCUT2D eigenvalue weighted by Gasteiger charge is -2.29. The number of nitrogens with zero attached hydrogens (tertiary/aromatic N) is 2. The number of ether oxygens (including phenoxy) is 1. The van der Waals surface area contributed by atoms with E-state index in [-0.39, 0.29) is 22.9 Å². The third-order valence-electron chi connectivity index (χ3n) is 7.36. The second kappa shape index (κ2) is 17.0. The van der Waals surface area contributed by atoms with Crippen LogP contribution in [0, 0.1) is 0 Å². The highest BCUT2D eigenvalue weighted by atomic mass is 79.9. The number of oxazole rings is 1. The average molecular weight is 716 g/mol. The minimum atomic E-state index is 0. The number of nitrogens with one attached hydrogen (secondary N) is 1. The Bertz CT molecular complexity index is 1610. The summed E-state index contributed by atoms with van der Waals surface area (Å²) in [6.45, 7) is 12.6. The number of amides is 1. The number of fused-ring (bicyclic) bond motifs is 1. The van der Waals surface area contributed by atoms with Crippen LogP contribution < -0.4 is 27.0 Å². The zero-order valence-electron chi connectivity index (χ0n) is 26.3. The predicted octanol–water partition coefficient (Wildman–Crippen LogP) is 5.69. The van der Waals surface area contributed by atoms with Crippen LogP contribution in [-0.4, -0.2) is 55.7 Å². The van der Waals surface area contributed by atoms with Gasteiger partial charge in [-0.3, -0.25) is 4.79 Å². The quantitative estimate of drug-likeness (QED) is 0.0921. The maximum absolute atomic E-state index is 12.3. The van der Waals surface area contributed by atoms with E-state index in [9.17, 15) is 4.79 Å². The molecule has 0 fully saturated rings. The summed E-state index contributed by atoms with van der Waals surface area (Å²) in [5.74, 6) is 1.36. The first-order valence-electron chi connectivity index (χ1n) is 15.1. The molecule has 4 aromatic rings. The van der Waals surface area contributed by atoms with Gasteiger partial charge in [0.25, 0.3) is 5.91 Å². The minimum Gasteiger partial charge on any atom is -1.00 e. The van der Waals surface area contributed by atoms with Crippen molar-refractivity contribution in [3.63, 3.8) is 0 Å². The van der Waals surface area contributed by atoms with Crippen molar-refractivity contribution in [1.82, 2.24) is 10.3 Å². The molecule has 0 unspecified atom stereocenters. The number of hydrogen-bond acceptors (Lipinski definition) is 4. The highest BCUT2D eigenvalue weighted by molar-refractivity contribution is 6.35. The van der Waals surface area contributed by atoms with Gasteiger partial charge in [0.15, 0.2) is 12.1 Å². The summed E-state index contributed by atoms with van der Waals surface area (Å²) in [6, 6.07) is 15.6. The van der Waals surface area contributed by atoms with E-state index in [1.807, 2.05) is 30.4 Å².